The number of nitrogens with one attached hydrogen (secondary N) is 1. The van der Waals surface area contributed by atoms with Gasteiger partial charge in [-0.2, -0.15) is 0 Å². The van der Waals surface area contributed by atoms with Crippen LogP contribution in [0.3, 0.4) is 0 Å². The third-order valence-corrected chi connectivity index (χ3v) is 5.48. The molecule has 0 saturated carbocycles. The molecule has 1 rings (SSSR count). The van der Waals surface area contributed by atoms with Crippen LogP contribution in [0.1, 0.15) is 54.4 Å². The van der Waals surface area contributed by atoms with Crippen LogP contribution in [-0.4, -0.2) is 61.2 Å². The summed E-state index contributed by atoms with van der Waals surface area (Å²) in [7, 11) is -2.92. The van der Waals surface area contributed by atoms with Crippen LogP contribution in [0.4, 0.5) is 4.79 Å². The minimum Gasteiger partial charge on any atom is -0.444 e. The van der Waals surface area contributed by atoms with Gasteiger partial charge in [-0.3, -0.25) is 0 Å². The number of ether oxygens (including phenoxy) is 1. The first-order valence-electron chi connectivity index (χ1n) is 8.25. The van der Waals surface area contributed by atoms with Crippen molar-refractivity contribution in [3.05, 3.63) is 0 Å². The molecule has 0 radical (unpaired) electrons. The highest BCUT2D eigenvalue weighted by molar-refractivity contribution is 7.91. The predicted molar refractivity (Wildman–Crippen MR) is 92.4 cm³/mol. The average molecular weight is 349 g/mol. The zero-order valence-corrected chi connectivity index (χ0v) is 16.1. The fourth-order valence-electron chi connectivity index (χ4n) is 2.58. The van der Waals surface area contributed by atoms with Crippen LogP contribution >= 0.6 is 0 Å². The van der Waals surface area contributed by atoms with Gasteiger partial charge in [0, 0.05) is 24.7 Å². The molecule has 1 atom stereocenters. The van der Waals surface area contributed by atoms with Crippen LogP contribution in [0.15, 0.2) is 0 Å². The second-order valence-corrected chi connectivity index (χ2v) is 10.4. The number of nitrogens with zero attached hydrogens (tertiary/aromatic N) is 1. The van der Waals surface area contributed by atoms with Gasteiger partial charge in [-0.25, -0.2) is 13.2 Å². The normalized spacial score (nSPS) is 21.7. The van der Waals surface area contributed by atoms with Gasteiger partial charge < -0.3 is 15.0 Å². The van der Waals surface area contributed by atoms with Crippen LogP contribution in [0.2, 0.25) is 0 Å². The molecule has 1 aliphatic rings. The zero-order valence-electron chi connectivity index (χ0n) is 15.3. The quantitative estimate of drug-likeness (QED) is 0.843. The molecule has 0 aromatic rings. The minimum atomic E-state index is -2.92. The Morgan fingerprint density at radius 1 is 1.22 bits per heavy atom. The number of hydrogen-bond donors (Lipinski definition) is 1. The van der Waals surface area contributed by atoms with E-state index in [2.05, 4.69) is 5.32 Å². The summed E-state index contributed by atoms with van der Waals surface area (Å²) in [5, 5.41) is 3.27. The van der Waals surface area contributed by atoms with Crippen molar-refractivity contribution in [2.45, 2.75) is 71.6 Å². The highest BCUT2D eigenvalue weighted by Crippen LogP contribution is 2.18. The lowest BCUT2D eigenvalue weighted by atomic mass is 10.1. The van der Waals surface area contributed by atoms with E-state index in [1.54, 1.807) is 4.90 Å². The molecule has 1 N–H and O–H groups in total. The molecule has 136 valence electrons. The molecule has 0 spiro atoms. The van der Waals surface area contributed by atoms with Gasteiger partial charge in [0.15, 0.2) is 9.84 Å². The van der Waals surface area contributed by atoms with E-state index >= 15 is 0 Å². The van der Waals surface area contributed by atoms with Gasteiger partial charge in [-0.15, -0.1) is 0 Å². The summed E-state index contributed by atoms with van der Waals surface area (Å²) in [6, 6.07) is -0.0193. The second-order valence-electron chi connectivity index (χ2n) is 8.21. The summed E-state index contributed by atoms with van der Waals surface area (Å²) in [5.74, 6) is 0.478. The van der Waals surface area contributed by atoms with E-state index in [4.69, 9.17) is 4.74 Å². The Balaban J connectivity index is 2.57. The molecule has 1 fully saturated rings. The lowest BCUT2D eigenvalue weighted by molar-refractivity contribution is 0.00647. The molecule has 7 heteroatoms. The third-order valence-electron chi connectivity index (χ3n) is 3.66. The Morgan fingerprint density at radius 3 is 2.30 bits per heavy atom. The van der Waals surface area contributed by atoms with Gasteiger partial charge in [-0.1, -0.05) is 0 Å². The van der Waals surface area contributed by atoms with Gasteiger partial charge in [0.2, 0.25) is 0 Å². The van der Waals surface area contributed by atoms with Crippen molar-refractivity contribution in [3.63, 3.8) is 0 Å². The van der Waals surface area contributed by atoms with Crippen LogP contribution in [-0.2, 0) is 14.6 Å². The van der Waals surface area contributed by atoms with Crippen LogP contribution < -0.4 is 5.32 Å². The number of rotatable bonds is 4. The fourth-order valence-corrected chi connectivity index (χ4v) is 4.25. The first-order valence-corrected chi connectivity index (χ1v) is 10.1. The summed E-state index contributed by atoms with van der Waals surface area (Å²) < 4.78 is 28.8. The van der Waals surface area contributed by atoms with Crippen LogP contribution in [0.5, 0.6) is 0 Å². The number of carbonyl (C=O) groups excluding carboxylic acids is 1. The average Bonchev–Trinajstić information content (AvgIpc) is 2.29. The maximum atomic E-state index is 12.4. The monoisotopic (exact) mass is 348 g/mol. The van der Waals surface area contributed by atoms with E-state index in [-0.39, 0.29) is 29.2 Å². The Bertz CT molecular complexity index is 503. The zero-order chi connectivity index (χ0) is 17.9. The van der Waals surface area contributed by atoms with Gasteiger partial charge in [0.25, 0.3) is 0 Å². The van der Waals surface area contributed by atoms with Crippen molar-refractivity contribution in [3.8, 4) is 0 Å². The summed E-state index contributed by atoms with van der Waals surface area (Å²) in [4.78, 5) is 14.1. The number of sulfone groups is 1. The van der Waals surface area contributed by atoms with E-state index in [0.29, 0.717) is 19.5 Å². The van der Waals surface area contributed by atoms with Crippen LogP contribution in [0.25, 0.3) is 0 Å². The van der Waals surface area contributed by atoms with Crippen molar-refractivity contribution in [2.75, 3.05) is 24.6 Å². The molecule has 0 aliphatic carbocycles. The Labute approximate surface area is 140 Å². The van der Waals surface area contributed by atoms with Crippen LogP contribution in [0, 0.1) is 0 Å². The van der Waals surface area contributed by atoms with Gasteiger partial charge in [0.1, 0.15) is 5.60 Å². The maximum absolute atomic E-state index is 12.4. The van der Waals surface area contributed by atoms with E-state index in [9.17, 15) is 13.2 Å². The Hall–Kier alpha value is -0.820. The van der Waals surface area contributed by atoms with E-state index < -0.39 is 15.4 Å². The molecule has 6 nitrogen and oxygen atoms in total. The smallest absolute Gasteiger partial charge is 0.410 e. The summed E-state index contributed by atoms with van der Waals surface area (Å²) >= 11 is 0. The fraction of sp³-hybridized carbons (Fsp3) is 0.938. The summed E-state index contributed by atoms with van der Waals surface area (Å²) in [6.07, 6.45) is 1.22. The largest absolute Gasteiger partial charge is 0.444 e. The summed E-state index contributed by atoms with van der Waals surface area (Å²) in [5.41, 5.74) is -0.895. The van der Waals surface area contributed by atoms with Crippen molar-refractivity contribution >= 4 is 15.9 Å². The second kappa shape index (κ2) is 7.38. The van der Waals surface area contributed by atoms with E-state index in [1.165, 1.54) is 0 Å². The maximum Gasteiger partial charge on any atom is 0.410 e. The van der Waals surface area contributed by atoms with Crippen molar-refractivity contribution in [2.24, 2.45) is 0 Å². The predicted octanol–water partition coefficient (Wildman–Crippen LogP) is 2.19. The molecule has 1 unspecified atom stereocenters. The molecule has 1 saturated heterocycles. The lowest BCUT2D eigenvalue weighted by Crippen LogP contribution is -2.51. The van der Waals surface area contributed by atoms with E-state index in [0.717, 1.165) is 6.42 Å². The molecule has 23 heavy (non-hydrogen) atoms. The molecule has 0 bridgehead atoms. The lowest BCUT2D eigenvalue weighted by Gasteiger charge is -2.37. The molecule has 0 aromatic heterocycles. The topological polar surface area (TPSA) is 75.7 Å². The Kier molecular flexibility index (Phi) is 6.49. The highest BCUT2D eigenvalue weighted by atomic mass is 32.2. The molecule has 1 aliphatic heterocycles. The van der Waals surface area contributed by atoms with E-state index in [1.807, 2.05) is 41.5 Å². The molecule has 0 aromatic carbocycles. The Morgan fingerprint density at radius 2 is 1.83 bits per heavy atom. The van der Waals surface area contributed by atoms with Crippen molar-refractivity contribution in [1.29, 1.82) is 0 Å². The minimum absolute atomic E-state index is 0.0193. The highest BCUT2D eigenvalue weighted by Gasteiger charge is 2.31. The molecular weight excluding hydrogens is 316 g/mol. The molecule has 1 amide bonds. The number of amides is 1. The van der Waals surface area contributed by atoms with Gasteiger partial charge >= 0.3 is 6.09 Å². The first-order chi connectivity index (χ1) is 10.3. The molecular formula is C16H32N2O4S. The van der Waals surface area contributed by atoms with Gasteiger partial charge in [0.05, 0.1) is 11.5 Å². The standard InChI is InChI=1S/C16H32N2O4S/c1-15(2,3)18(14(19)22-16(4,5)6)10-9-17-13-8-7-11-23(20,21)12-13/h13,17H,7-12H2,1-6H3. The van der Waals surface area contributed by atoms with Gasteiger partial charge in [-0.05, 0) is 54.4 Å². The number of hydrogen-bond acceptors (Lipinski definition) is 5. The SMILES string of the molecule is CC(C)(C)OC(=O)N(CCNC1CCCS(=O)(=O)C1)C(C)(C)C. The first kappa shape index (κ1) is 20.2. The van der Waals surface area contributed by atoms with Crippen molar-refractivity contribution < 1.29 is 17.9 Å². The van der Waals surface area contributed by atoms with Crippen molar-refractivity contribution in [1.82, 2.24) is 10.2 Å². The number of carbonyl (C=O) groups is 1. The molecule has 1 heterocycles. The third kappa shape index (κ3) is 7.52. The summed E-state index contributed by atoms with van der Waals surface area (Å²) in [6.45, 7) is 12.4.